The first kappa shape index (κ1) is 17.4. The van der Waals surface area contributed by atoms with Gasteiger partial charge in [-0.2, -0.15) is 0 Å². The highest BCUT2D eigenvalue weighted by Crippen LogP contribution is 2.11. The quantitative estimate of drug-likeness (QED) is 0.788. The average Bonchev–Trinajstić information content (AvgIpc) is 2.57. The number of nitrogens with one attached hydrogen (secondary N) is 1. The number of benzene rings is 2. The maximum absolute atomic E-state index is 13.4. The number of carbonyl (C=O) groups excluding carboxylic acids is 2. The zero-order valence-corrected chi connectivity index (χ0v) is 12.6. The van der Waals surface area contributed by atoms with Crippen molar-refractivity contribution in [3.63, 3.8) is 0 Å². The summed E-state index contributed by atoms with van der Waals surface area (Å²) >= 11 is 0. The summed E-state index contributed by atoms with van der Waals surface area (Å²) in [5, 5.41) is 2.43. The van der Waals surface area contributed by atoms with Gasteiger partial charge in [0.25, 0.3) is 5.91 Å². The van der Waals surface area contributed by atoms with Crippen molar-refractivity contribution >= 4 is 11.9 Å². The van der Waals surface area contributed by atoms with Crippen LogP contribution in [0.4, 0.5) is 8.78 Å². The van der Waals surface area contributed by atoms with E-state index in [2.05, 4.69) is 5.32 Å². The number of halogens is 2. The molecule has 0 aromatic heterocycles. The number of amides is 1. The molecule has 0 atom stereocenters. The average molecular weight is 335 g/mol. The first-order chi connectivity index (χ1) is 11.5. The van der Waals surface area contributed by atoms with E-state index in [0.29, 0.717) is 5.56 Å². The van der Waals surface area contributed by atoms with Crippen LogP contribution in [0.2, 0.25) is 0 Å². The van der Waals surface area contributed by atoms with Crippen molar-refractivity contribution in [3.8, 4) is 5.75 Å². The van der Waals surface area contributed by atoms with Gasteiger partial charge in [-0.25, -0.2) is 13.6 Å². The third-order valence-electron chi connectivity index (χ3n) is 2.95. The van der Waals surface area contributed by atoms with Crippen LogP contribution in [0.1, 0.15) is 5.56 Å². The number of carbonyl (C=O) groups is 2. The maximum Gasteiger partial charge on any atom is 0.344 e. The Kier molecular flexibility index (Phi) is 6.24. The molecule has 0 fully saturated rings. The third-order valence-corrected chi connectivity index (χ3v) is 2.95. The van der Waals surface area contributed by atoms with Crippen molar-refractivity contribution in [2.45, 2.75) is 6.54 Å². The Hall–Kier alpha value is -2.96. The first-order valence-corrected chi connectivity index (χ1v) is 7.08. The second-order valence-electron chi connectivity index (χ2n) is 4.77. The van der Waals surface area contributed by atoms with E-state index in [9.17, 15) is 18.4 Å². The Labute approximate surface area is 137 Å². The molecule has 0 heterocycles. The molecule has 1 N–H and O–H groups in total. The van der Waals surface area contributed by atoms with E-state index in [0.717, 1.165) is 6.07 Å². The second-order valence-corrected chi connectivity index (χ2v) is 4.77. The lowest BCUT2D eigenvalue weighted by molar-refractivity contribution is -0.150. The van der Waals surface area contributed by atoms with Crippen LogP contribution in [0.5, 0.6) is 5.75 Å². The fourth-order valence-corrected chi connectivity index (χ4v) is 1.77. The summed E-state index contributed by atoms with van der Waals surface area (Å²) in [6, 6.07) is 11.3. The lowest BCUT2D eigenvalue weighted by atomic mass is 10.2. The summed E-state index contributed by atoms with van der Waals surface area (Å²) in [6.45, 7) is -0.979. The standard InChI is InChI=1S/C17H15F2NO4/c18-13-5-3-6-14(8-13)23-11-17(22)24-10-16(21)20-9-12-4-1-2-7-15(12)19/h1-8H,9-11H2,(H,20,21). The summed E-state index contributed by atoms with van der Waals surface area (Å²) in [6.07, 6.45) is 0. The van der Waals surface area contributed by atoms with Crippen LogP contribution < -0.4 is 10.1 Å². The highest BCUT2D eigenvalue weighted by molar-refractivity contribution is 5.80. The molecule has 24 heavy (non-hydrogen) atoms. The SMILES string of the molecule is O=C(COC(=O)COc1cccc(F)c1)NCc1ccccc1F. The van der Waals surface area contributed by atoms with Crippen molar-refractivity contribution in [3.05, 3.63) is 65.7 Å². The van der Waals surface area contributed by atoms with Gasteiger partial charge in [-0.05, 0) is 18.2 Å². The van der Waals surface area contributed by atoms with E-state index in [-0.39, 0.29) is 12.3 Å². The molecule has 0 aliphatic carbocycles. The molecule has 126 valence electrons. The lowest BCUT2D eigenvalue weighted by Gasteiger charge is -2.08. The van der Waals surface area contributed by atoms with E-state index in [1.807, 2.05) is 0 Å². The van der Waals surface area contributed by atoms with Gasteiger partial charge in [0.1, 0.15) is 17.4 Å². The summed E-state index contributed by atoms with van der Waals surface area (Å²) in [4.78, 5) is 23.0. The van der Waals surface area contributed by atoms with E-state index in [1.54, 1.807) is 12.1 Å². The smallest absolute Gasteiger partial charge is 0.344 e. The molecule has 0 aliphatic heterocycles. The number of ether oxygens (including phenoxy) is 2. The molecular formula is C17H15F2NO4. The Balaban J connectivity index is 1.68. The van der Waals surface area contributed by atoms with Crippen LogP contribution in [0, 0.1) is 11.6 Å². The Morgan fingerprint density at radius 2 is 1.79 bits per heavy atom. The Morgan fingerprint density at radius 3 is 2.54 bits per heavy atom. The molecule has 0 bridgehead atoms. The van der Waals surface area contributed by atoms with Gasteiger partial charge >= 0.3 is 5.97 Å². The molecule has 0 spiro atoms. The molecule has 1 amide bonds. The van der Waals surface area contributed by atoms with Crippen molar-refractivity contribution in [2.75, 3.05) is 13.2 Å². The summed E-state index contributed by atoms with van der Waals surface area (Å²) in [7, 11) is 0. The van der Waals surface area contributed by atoms with Gasteiger partial charge in [0.2, 0.25) is 0 Å². The number of esters is 1. The molecule has 5 nitrogen and oxygen atoms in total. The van der Waals surface area contributed by atoms with Gasteiger partial charge in [-0.15, -0.1) is 0 Å². The van der Waals surface area contributed by atoms with Crippen molar-refractivity contribution in [2.24, 2.45) is 0 Å². The minimum Gasteiger partial charge on any atom is -0.482 e. The van der Waals surface area contributed by atoms with Crippen LogP contribution in [-0.4, -0.2) is 25.1 Å². The zero-order valence-electron chi connectivity index (χ0n) is 12.6. The number of hydrogen-bond donors (Lipinski definition) is 1. The maximum atomic E-state index is 13.4. The van der Waals surface area contributed by atoms with Crippen molar-refractivity contribution in [1.29, 1.82) is 0 Å². The number of rotatable bonds is 7. The molecule has 0 aliphatic rings. The van der Waals surface area contributed by atoms with E-state index in [1.165, 1.54) is 30.3 Å². The van der Waals surface area contributed by atoms with Crippen LogP contribution in [-0.2, 0) is 20.9 Å². The minimum absolute atomic E-state index is 0.0111. The van der Waals surface area contributed by atoms with Gasteiger partial charge in [-0.3, -0.25) is 4.79 Å². The minimum atomic E-state index is -0.777. The van der Waals surface area contributed by atoms with Gasteiger partial charge in [0.15, 0.2) is 13.2 Å². The monoisotopic (exact) mass is 335 g/mol. The molecule has 0 radical (unpaired) electrons. The Morgan fingerprint density at radius 1 is 1.00 bits per heavy atom. The molecule has 0 unspecified atom stereocenters. The lowest BCUT2D eigenvalue weighted by Crippen LogP contribution is -2.29. The van der Waals surface area contributed by atoms with E-state index in [4.69, 9.17) is 9.47 Å². The fourth-order valence-electron chi connectivity index (χ4n) is 1.77. The highest BCUT2D eigenvalue weighted by atomic mass is 19.1. The molecule has 0 saturated carbocycles. The van der Waals surface area contributed by atoms with Crippen LogP contribution >= 0.6 is 0 Å². The first-order valence-electron chi connectivity index (χ1n) is 7.08. The van der Waals surface area contributed by atoms with Crippen LogP contribution in [0.15, 0.2) is 48.5 Å². The zero-order chi connectivity index (χ0) is 17.4. The predicted octanol–water partition coefficient (Wildman–Crippen LogP) is 2.20. The normalized spacial score (nSPS) is 10.1. The van der Waals surface area contributed by atoms with Crippen molar-refractivity contribution < 1.29 is 27.8 Å². The van der Waals surface area contributed by atoms with Gasteiger partial charge in [0.05, 0.1) is 0 Å². The second kappa shape index (κ2) is 8.61. The predicted molar refractivity (Wildman–Crippen MR) is 81.1 cm³/mol. The largest absolute Gasteiger partial charge is 0.482 e. The fraction of sp³-hybridized carbons (Fsp3) is 0.176. The molecule has 2 aromatic carbocycles. The van der Waals surface area contributed by atoms with Gasteiger partial charge in [0, 0.05) is 18.2 Å². The van der Waals surface area contributed by atoms with E-state index < -0.39 is 36.7 Å². The molecule has 7 heteroatoms. The molecule has 2 aromatic rings. The van der Waals surface area contributed by atoms with Crippen molar-refractivity contribution in [1.82, 2.24) is 5.32 Å². The molecule has 2 rings (SSSR count). The highest BCUT2D eigenvalue weighted by Gasteiger charge is 2.09. The topological polar surface area (TPSA) is 64.6 Å². The molecular weight excluding hydrogens is 320 g/mol. The summed E-state index contributed by atoms with van der Waals surface area (Å²) in [5.41, 5.74) is 0.326. The molecule has 0 saturated heterocycles. The van der Waals surface area contributed by atoms with Gasteiger partial charge in [-0.1, -0.05) is 24.3 Å². The van der Waals surface area contributed by atoms with E-state index >= 15 is 0 Å². The number of hydrogen-bond acceptors (Lipinski definition) is 4. The summed E-state index contributed by atoms with van der Waals surface area (Å²) in [5.74, 6) is -2.10. The summed E-state index contributed by atoms with van der Waals surface area (Å²) < 4.78 is 36.0. The van der Waals surface area contributed by atoms with Crippen LogP contribution in [0.3, 0.4) is 0 Å². The van der Waals surface area contributed by atoms with Crippen LogP contribution in [0.25, 0.3) is 0 Å². The third kappa shape index (κ3) is 5.68. The Bertz CT molecular complexity index is 721. The van der Waals surface area contributed by atoms with Gasteiger partial charge < -0.3 is 14.8 Å².